The Morgan fingerprint density at radius 3 is 0.727 bits per heavy atom. The Bertz CT molecular complexity index is 1960. The topological polar surface area (TPSA) is 373 Å². The molecule has 0 saturated heterocycles. The van der Waals surface area contributed by atoms with Gasteiger partial charge in [0.1, 0.15) is 20.2 Å². The molecule has 0 atom stereocenters. The summed E-state index contributed by atoms with van der Waals surface area (Å²) in [6.07, 6.45) is 14.3. The van der Waals surface area contributed by atoms with Gasteiger partial charge in [-0.05, 0) is 119 Å². The number of aromatic nitrogens is 4. The molecule has 2 aromatic carbocycles. The Balaban J connectivity index is -0.000000636. The Labute approximate surface area is 325 Å². The second-order valence-corrected chi connectivity index (χ2v) is 12.3. The van der Waals surface area contributed by atoms with E-state index in [1.54, 1.807) is 49.6 Å². The molecule has 55 heavy (non-hydrogen) atoms. The molecule has 293 valence electrons. The summed E-state index contributed by atoms with van der Waals surface area (Å²) >= 11 is 0. The van der Waals surface area contributed by atoms with Crippen molar-refractivity contribution in [2.75, 3.05) is 0 Å². The molecule has 0 fully saturated rings. The number of carbonyl (C=O) groups is 2. The molecular weight excluding hydrogens is 807 g/mol. The molecule has 6 rings (SSSR count). The van der Waals surface area contributed by atoms with E-state index in [1.165, 1.54) is 22.3 Å². The van der Waals surface area contributed by atoms with Crippen LogP contribution in [0.5, 0.6) is 0 Å². The molecular formula is C34H38MnN4O14S2+4. The Hall–Kier alpha value is -5.84. The van der Waals surface area contributed by atoms with Crippen LogP contribution in [0.25, 0.3) is 22.3 Å². The summed E-state index contributed by atoms with van der Waals surface area (Å²) in [4.78, 5) is 35.6. The first-order valence-corrected chi connectivity index (χ1v) is 16.8. The number of aromatic carboxylic acids is 2. The van der Waals surface area contributed by atoms with E-state index >= 15 is 0 Å². The van der Waals surface area contributed by atoms with Gasteiger partial charge >= 0.3 is 29.0 Å². The van der Waals surface area contributed by atoms with Crippen LogP contribution in [0.15, 0.2) is 156 Å². The van der Waals surface area contributed by atoms with Gasteiger partial charge in [-0.3, -0.25) is 19.9 Å². The van der Waals surface area contributed by atoms with Crippen molar-refractivity contribution in [1.29, 1.82) is 0 Å². The van der Waals surface area contributed by atoms with E-state index in [9.17, 15) is 35.5 Å². The van der Waals surface area contributed by atoms with Gasteiger partial charge in [0.2, 0.25) is 0 Å². The maximum atomic E-state index is 10.4. The van der Waals surface area contributed by atoms with Crippen molar-refractivity contribution in [3.8, 4) is 22.3 Å². The zero-order chi connectivity index (χ0) is 36.6. The van der Waals surface area contributed by atoms with Crippen molar-refractivity contribution in [3.05, 3.63) is 158 Å². The monoisotopic (exact) mass is 845 g/mol. The van der Waals surface area contributed by atoms with E-state index < -0.39 is 42.0 Å². The van der Waals surface area contributed by atoms with Crippen LogP contribution >= 0.6 is 0 Å². The molecule has 0 amide bonds. The molecule has 0 aliphatic carbocycles. The van der Waals surface area contributed by atoms with Gasteiger partial charge in [-0.15, -0.1) is 0 Å². The summed E-state index contributed by atoms with van der Waals surface area (Å²) < 4.78 is 62.5. The first-order chi connectivity index (χ1) is 23.8. The van der Waals surface area contributed by atoms with Crippen LogP contribution in [-0.4, -0.2) is 68.0 Å². The van der Waals surface area contributed by atoms with Crippen molar-refractivity contribution in [2.24, 2.45) is 0 Å². The van der Waals surface area contributed by atoms with Crippen LogP contribution in [0, 0.1) is 0 Å². The van der Waals surface area contributed by atoms with Gasteiger partial charge in [0.15, 0.2) is 0 Å². The van der Waals surface area contributed by atoms with Gasteiger partial charge in [-0.2, -0.15) is 0 Å². The molecule has 0 aliphatic heterocycles. The standard InChI is InChI=1S/2C10H8N2.2C7H6O5S.Mn.4H2O/c2*1-5-11-6-2-9(1)10-3-7-12-8-4-10;2*8-7(9)5-1-3-6(4-2-5)13(10,11)12;;;;;/h2*1-8H;2*1-4H,(H,8,9)(H,10,11,12);;4*1H2/q;;;;+2;;;;/p+2. The molecule has 0 bridgehead atoms. The predicted octanol–water partition coefficient (Wildman–Crippen LogP) is 1.17. The van der Waals surface area contributed by atoms with Crippen LogP contribution in [0.3, 0.4) is 0 Å². The maximum Gasteiger partial charge on any atom is 2.00 e. The van der Waals surface area contributed by atoms with Gasteiger partial charge in [0, 0.05) is 49.6 Å². The van der Waals surface area contributed by atoms with Gasteiger partial charge in [0.05, 0.1) is 20.9 Å². The van der Waals surface area contributed by atoms with Crippen molar-refractivity contribution < 1.29 is 84.7 Å². The van der Waals surface area contributed by atoms with Crippen molar-refractivity contribution >= 4 is 32.2 Å². The van der Waals surface area contributed by atoms with Crippen LogP contribution in [0.2, 0.25) is 0 Å². The van der Waals surface area contributed by atoms with Crippen LogP contribution < -0.4 is 0 Å². The van der Waals surface area contributed by atoms with Crippen LogP contribution in [0.1, 0.15) is 20.7 Å². The van der Waals surface area contributed by atoms with E-state index in [4.69, 9.17) is 10.2 Å². The fourth-order valence-corrected chi connectivity index (χ4v) is 4.64. The second kappa shape index (κ2) is 26.0. The average Bonchev–Trinajstić information content (AvgIpc) is 3.13. The SMILES string of the molecule is O=C(O)c1ccc(S(=O)(=O)[O-])cc1.O=C(O)c1ccc(S(=O)(=O)[O-])cc1.[Mn+2].[OH3+].[OH3+].[OH3+].[OH3+].c1cc(-c2ccncc2)ccn1.c1cc(-c2ccncc2)ccn1. The number of rotatable bonds is 6. The predicted molar refractivity (Wildman–Crippen MR) is 197 cm³/mol. The minimum atomic E-state index is -4.49. The van der Waals surface area contributed by atoms with E-state index in [2.05, 4.69) is 19.9 Å². The third-order valence-electron chi connectivity index (χ3n) is 6.17. The Morgan fingerprint density at radius 1 is 0.400 bits per heavy atom. The van der Waals surface area contributed by atoms with Crippen molar-refractivity contribution in [1.82, 2.24) is 19.9 Å². The quantitative estimate of drug-likeness (QED) is 0.135. The number of nitrogens with zero attached hydrogens (tertiary/aromatic N) is 4. The number of carboxylic acid groups (broad SMARTS) is 2. The van der Waals surface area contributed by atoms with Gasteiger partial charge < -0.3 is 41.2 Å². The zero-order valence-electron chi connectivity index (χ0n) is 28.3. The van der Waals surface area contributed by atoms with Crippen LogP contribution in [-0.2, 0) is 59.2 Å². The molecule has 0 spiro atoms. The molecule has 0 aliphatic rings. The third-order valence-corrected chi connectivity index (χ3v) is 7.87. The van der Waals surface area contributed by atoms with Gasteiger partial charge in [-0.25, -0.2) is 26.4 Å². The minimum Gasteiger partial charge on any atom is -0.744 e. The summed E-state index contributed by atoms with van der Waals surface area (Å²) in [6, 6.07) is 24.0. The molecule has 1 radical (unpaired) electrons. The maximum absolute atomic E-state index is 10.4. The largest absolute Gasteiger partial charge is 2.00 e. The van der Waals surface area contributed by atoms with E-state index in [0.29, 0.717) is 0 Å². The van der Waals surface area contributed by atoms with E-state index in [1.807, 2.05) is 48.5 Å². The van der Waals surface area contributed by atoms with Crippen molar-refractivity contribution in [2.45, 2.75) is 9.79 Å². The Morgan fingerprint density at radius 2 is 0.582 bits per heavy atom. The van der Waals surface area contributed by atoms with Crippen molar-refractivity contribution in [3.63, 3.8) is 0 Å². The molecule has 18 nitrogen and oxygen atoms in total. The van der Waals surface area contributed by atoms with Gasteiger partial charge in [0.25, 0.3) is 0 Å². The minimum absolute atomic E-state index is 0. The molecule has 0 unspecified atom stereocenters. The number of pyridine rings is 4. The molecule has 0 saturated carbocycles. The van der Waals surface area contributed by atoms with Crippen LogP contribution in [0.4, 0.5) is 0 Å². The second-order valence-electron chi connectivity index (χ2n) is 9.51. The molecule has 4 aromatic heterocycles. The fourth-order valence-electron chi connectivity index (χ4n) is 3.71. The smallest absolute Gasteiger partial charge is 0.744 e. The molecule has 6 aromatic rings. The number of hydrogen-bond donors (Lipinski definition) is 2. The third kappa shape index (κ3) is 18.7. The molecule has 14 N–H and O–H groups in total. The number of carboxylic acids is 2. The number of benzene rings is 2. The number of hydrogen-bond acceptors (Lipinski definition) is 12. The Kier molecular flexibility index (Phi) is 25.3. The summed E-state index contributed by atoms with van der Waals surface area (Å²) in [6.45, 7) is 0. The fraction of sp³-hybridized carbons (Fsp3) is 0. The first-order valence-electron chi connectivity index (χ1n) is 13.9. The summed E-state index contributed by atoms with van der Waals surface area (Å²) in [5.41, 5.74) is 4.57. The summed E-state index contributed by atoms with van der Waals surface area (Å²) in [5, 5.41) is 16.9. The average molecular weight is 846 g/mol. The first kappa shape index (κ1) is 53.5. The van der Waals surface area contributed by atoms with E-state index in [0.717, 1.165) is 48.5 Å². The normalized spacial score (nSPS) is 9.49. The molecule has 4 heterocycles. The zero-order valence-corrected chi connectivity index (χ0v) is 31.1. The van der Waals surface area contributed by atoms with Gasteiger partial charge in [-0.1, -0.05) is 0 Å². The summed E-state index contributed by atoms with van der Waals surface area (Å²) in [5.74, 6) is -2.34. The molecule has 21 heteroatoms. The summed E-state index contributed by atoms with van der Waals surface area (Å²) in [7, 11) is -8.98. The van der Waals surface area contributed by atoms with E-state index in [-0.39, 0.29) is 50.1 Å².